The van der Waals surface area contributed by atoms with E-state index in [-0.39, 0.29) is 23.0 Å². The van der Waals surface area contributed by atoms with E-state index in [9.17, 15) is 14.4 Å². The van der Waals surface area contributed by atoms with Crippen molar-refractivity contribution < 1.29 is 14.3 Å². The molecule has 0 aliphatic heterocycles. The summed E-state index contributed by atoms with van der Waals surface area (Å²) in [5.41, 5.74) is 1.56. The molecule has 0 aliphatic carbocycles. The van der Waals surface area contributed by atoms with Crippen molar-refractivity contribution in [3.05, 3.63) is 93.2 Å². The van der Waals surface area contributed by atoms with Crippen molar-refractivity contribution in [3.8, 4) is 11.4 Å². The summed E-state index contributed by atoms with van der Waals surface area (Å²) in [7, 11) is 1.57. The Morgan fingerprint density at radius 1 is 1.05 bits per heavy atom. The third kappa shape index (κ3) is 6.44. The fraction of sp³-hybridized carbons (Fsp3) is 0.241. The number of halogens is 1. The number of ketones is 1. The van der Waals surface area contributed by atoms with Crippen molar-refractivity contribution in [1.29, 1.82) is 0 Å². The van der Waals surface area contributed by atoms with Crippen LogP contribution in [0.4, 0.5) is 0 Å². The standard InChI is InChI=1S/C29H28ClN3O4S/c1-18(2)13-14-31-27(35)20-7-12-24-25(16-20)32-29(38-17-26(34)19-5-4-6-21(30)15-19)33(28(24)36)22-8-10-23(37-3)11-9-22/h4-12,15-16,18H,13-14,17H2,1-3H3,(H,31,35). The SMILES string of the molecule is COc1ccc(-n2c(SCC(=O)c3cccc(Cl)c3)nc3cc(C(=O)NCCC(C)C)ccc3c2=O)cc1. The Hall–Kier alpha value is -3.62. The van der Waals surface area contributed by atoms with Crippen LogP contribution < -0.4 is 15.6 Å². The number of ether oxygens (including phenoxy) is 1. The number of carbonyl (C=O) groups is 2. The fourth-order valence-electron chi connectivity index (χ4n) is 3.81. The summed E-state index contributed by atoms with van der Waals surface area (Å²) < 4.78 is 6.72. The lowest BCUT2D eigenvalue weighted by Gasteiger charge is -2.14. The van der Waals surface area contributed by atoms with Crippen molar-refractivity contribution in [2.75, 3.05) is 19.4 Å². The first-order chi connectivity index (χ1) is 18.3. The van der Waals surface area contributed by atoms with E-state index >= 15 is 0 Å². The van der Waals surface area contributed by atoms with Crippen LogP contribution in [0.1, 0.15) is 41.0 Å². The number of rotatable bonds is 10. The third-order valence-electron chi connectivity index (χ3n) is 5.92. The monoisotopic (exact) mass is 549 g/mol. The summed E-state index contributed by atoms with van der Waals surface area (Å²) in [6, 6.07) is 18.6. The number of nitrogens with zero attached hydrogens (tertiary/aromatic N) is 2. The molecule has 0 atom stereocenters. The first-order valence-electron chi connectivity index (χ1n) is 12.2. The number of fused-ring (bicyclic) bond motifs is 1. The lowest BCUT2D eigenvalue weighted by molar-refractivity contribution is 0.0951. The van der Waals surface area contributed by atoms with Gasteiger partial charge in [0.25, 0.3) is 11.5 Å². The zero-order valence-electron chi connectivity index (χ0n) is 21.4. The molecule has 9 heteroatoms. The average Bonchev–Trinajstić information content (AvgIpc) is 2.91. The minimum absolute atomic E-state index is 0.0455. The Kier molecular flexibility index (Phi) is 8.86. The Bertz CT molecular complexity index is 1530. The van der Waals surface area contributed by atoms with Gasteiger partial charge in [-0.2, -0.15) is 0 Å². The third-order valence-corrected chi connectivity index (χ3v) is 7.09. The highest BCUT2D eigenvalue weighted by molar-refractivity contribution is 7.99. The van der Waals surface area contributed by atoms with Gasteiger partial charge in [0.2, 0.25) is 0 Å². The van der Waals surface area contributed by atoms with Crippen LogP contribution in [0.2, 0.25) is 5.02 Å². The van der Waals surface area contributed by atoms with Gasteiger partial charge in [-0.15, -0.1) is 0 Å². The van der Waals surface area contributed by atoms with Gasteiger partial charge in [-0.25, -0.2) is 4.98 Å². The second kappa shape index (κ2) is 12.3. The number of hydrogen-bond donors (Lipinski definition) is 1. The summed E-state index contributed by atoms with van der Waals surface area (Å²) in [6.07, 6.45) is 0.867. The molecule has 0 unspecified atom stereocenters. The fourth-order valence-corrected chi connectivity index (χ4v) is 4.91. The number of Topliss-reactive ketones (excluding diaryl/α,β-unsaturated/α-hetero) is 1. The predicted molar refractivity (Wildman–Crippen MR) is 152 cm³/mol. The summed E-state index contributed by atoms with van der Waals surface area (Å²) in [5.74, 6) is 0.794. The molecule has 1 heterocycles. The van der Waals surface area contributed by atoms with Gasteiger partial charge in [-0.1, -0.05) is 49.3 Å². The molecule has 7 nitrogen and oxygen atoms in total. The van der Waals surface area contributed by atoms with Gasteiger partial charge in [-0.3, -0.25) is 19.0 Å². The van der Waals surface area contributed by atoms with Crippen molar-refractivity contribution in [2.45, 2.75) is 25.4 Å². The molecule has 0 radical (unpaired) electrons. The smallest absolute Gasteiger partial charge is 0.266 e. The normalized spacial score (nSPS) is 11.1. The van der Waals surface area contributed by atoms with Crippen molar-refractivity contribution in [1.82, 2.24) is 14.9 Å². The maximum absolute atomic E-state index is 13.7. The molecule has 4 rings (SSSR count). The van der Waals surface area contributed by atoms with Gasteiger partial charge < -0.3 is 10.1 Å². The van der Waals surface area contributed by atoms with Crippen molar-refractivity contribution in [3.63, 3.8) is 0 Å². The minimum Gasteiger partial charge on any atom is -0.497 e. The molecule has 1 N–H and O–H groups in total. The first kappa shape index (κ1) is 27.4. The summed E-state index contributed by atoms with van der Waals surface area (Å²) in [5, 5.41) is 4.08. The summed E-state index contributed by atoms with van der Waals surface area (Å²) in [6.45, 7) is 4.75. The Morgan fingerprint density at radius 2 is 1.82 bits per heavy atom. The molecule has 0 saturated carbocycles. The summed E-state index contributed by atoms with van der Waals surface area (Å²) in [4.78, 5) is 44.0. The number of hydrogen-bond acceptors (Lipinski definition) is 6. The van der Waals surface area contributed by atoms with Gasteiger partial charge in [0.15, 0.2) is 10.9 Å². The molecule has 1 amide bonds. The molecule has 196 valence electrons. The van der Waals surface area contributed by atoms with E-state index < -0.39 is 0 Å². The number of nitrogens with one attached hydrogen (secondary N) is 1. The van der Waals surface area contributed by atoms with E-state index in [1.165, 1.54) is 4.57 Å². The zero-order chi connectivity index (χ0) is 27.2. The second-order valence-corrected chi connectivity index (χ2v) is 10.5. The molecule has 3 aromatic carbocycles. The van der Waals surface area contributed by atoms with Crippen LogP contribution in [-0.4, -0.2) is 40.6 Å². The second-order valence-electron chi connectivity index (χ2n) is 9.13. The molecule has 4 aromatic rings. The van der Waals surface area contributed by atoms with Gasteiger partial charge in [0.1, 0.15) is 5.75 Å². The van der Waals surface area contributed by atoms with Crippen molar-refractivity contribution in [2.24, 2.45) is 5.92 Å². The largest absolute Gasteiger partial charge is 0.497 e. The maximum atomic E-state index is 13.7. The van der Waals surface area contributed by atoms with Crippen LogP contribution >= 0.6 is 23.4 Å². The number of aromatic nitrogens is 2. The molecule has 0 saturated heterocycles. The van der Waals surface area contributed by atoms with Crippen LogP contribution in [0.3, 0.4) is 0 Å². The Balaban J connectivity index is 1.73. The van der Waals surface area contributed by atoms with E-state index in [4.69, 9.17) is 21.3 Å². The molecule has 0 fully saturated rings. The average molecular weight is 550 g/mol. The maximum Gasteiger partial charge on any atom is 0.266 e. The molecule has 0 aliphatic rings. The van der Waals surface area contributed by atoms with E-state index in [0.717, 1.165) is 18.2 Å². The number of methoxy groups -OCH3 is 1. The van der Waals surface area contributed by atoms with Crippen LogP contribution in [0, 0.1) is 5.92 Å². The molecule has 0 spiro atoms. The lowest BCUT2D eigenvalue weighted by Crippen LogP contribution is -2.26. The Labute approximate surface area is 230 Å². The molecule has 0 bridgehead atoms. The van der Waals surface area contributed by atoms with E-state index in [2.05, 4.69) is 19.2 Å². The highest BCUT2D eigenvalue weighted by Crippen LogP contribution is 2.25. The highest BCUT2D eigenvalue weighted by Gasteiger charge is 2.17. The van der Waals surface area contributed by atoms with Crippen LogP contribution in [0.15, 0.2) is 76.7 Å². The number of carbonyl (C=O) groups excluding carboxylic acids is 2. The topological polar surface area (TPSA) is 90.3 Å². The molecular weight excluding hydrogens is 522 g/mol. The van der Waals surface area contributed by atoms with Crippen LogP contribution in [-0.2, 0) is 0 Å². The van der Waals surface area contributed by atoms with E-state index in [1.54, 1.807) is 73.8 Å². The predicted octanol–water partition coefficient (Wildman–Crippen LogP) is 5.80. The Morgan fingerprint density at radius 3 is 2.50 bits per heavy atom. The van der Waals surface area contributed by atoms with Gasteiger partial charge >= 0.3 is 0 Å². The summed E-state index contributed by atoms with van der Waals surface area (Å²) >= 11 is 7.20. The van der Waals surface area contributed by atoms with Gasteiger partial charge in [0.05, 0.1) is 29.5 Å². The van der Waals surface area contributed by atoms with Gasteiger partial charge in [0, 0.05) is 22.7 Å². The van der Waals surface area contributed by atoms with E-state index in [0.29, 0.717) is 56.1 Å². The lowest BCUT2D eigenvalue weighted by atomic mass is 10.1. The van der Waals surface area contributed by atoms with E-state index in [1.807, 2.05) is 0 Å². The highest BCUT2D eigenvalue weighted by atomic mass is 35.5. The van der Waals surface area contributed by atoms with Gasteiger partial charge in [-0.05, 0) is 66.9 Å². The number of benzene rings is 3. The zero-order valence-corrected chi connectivity index (χ0v) is 22.9. The van der Waals surface area contributed by atoms with Crippen LogP contribution in [0.25, 0.3) is 16.6 Å². The van der Waals surface area contributed by atoms with Crippen LogP contribution in [0.5, 0.6) is 5.75 Å². The molecule has 38 heavy (non-hydrogen) atoms. The van der Waals surface area contributed by atoms with Crippen molar-refractivity contribution >= 4 is 46.0 Å². The quantitative estimate of drug-likeness (QED) is 0.153. The molecular formula is C29H28ClN3O4S. The number of amides is 1. The molecule has 1 aromatic heterocycles. The first-order valence-corrected chi connectivity index (χ1v) is 13.5. The minimum atomic E-state index is -0.301. The number of thioether (sulfide) groups is 1.